The molecule has 122 valence electrons. The van der Waals surface area contributed by atoms with Gasteiger partial charge in [-0.3, -0.25) is 4.90 Å². The summed E-state index contributed by atoms with van der Waals surface area (Å²) in [6.07, 6.45) is 9.74. The molecule has 22 heavy (non-hydrogen) atoms. The fourth-order valence-electron chi connectivity index (χ4n) is 3.21. The van der Waals surface area contributed by atoms with E-state index < -0.39 is 0 Å². The number of aryl methyl sites for hydroxylation is 1. The molecule has 5 nitrogen and oxygen atoms in total. The Balaban J connectivity index is 1.45. The van der Waals surface area contributed by atoms with Crippen molar-refractivity contribution in [2.45, 2.75) is 51.2 Å². The fourth-order valence-corrected chi connectivity index (χ4v) is 3.21. The van der Waals surface area contributed by atoms with E-state index >= 15 is 0 Å². The van der Waals surface area contributed by atoms with Crippen LogP contribution in [0.25, 0.3) is 0 Å². The van der Waals surface area contributed by atoms with E-state index in [0.717, 1.165) is 70.8 Å². The van der Waals surface area contributed by atoms with Crippen molar-refractivity contribution in [2.75, 3.05) is 32.8 Å². The molecule has 3 heterocycles. The van der Waals surface area contributed by atoms with Crippen molar-refractivity contribution in [1.82, 2.24) is 14.9 Å². The third kappa shape index (κ3) is 4.48. The van der Waals surface area contributed by atoms with Crippen LogP contribution in [-0.4, -0.2) is 59.9 Å². The number of hydrogen-bond donors (Lipinski definition) is 0. The summed E-state index contributed by atoms with van der Waals surface area (Å²) in [6, 6.07) is 0. The third-order valence-electron chi connectivity index (χ3n) is 4.55. The first-order chi connectivity index (χ1) is 10.8. The summed E-state index contributed by atoms with van der Waals surface area (Å²) in [5.74, 6) is 0.908. The molecule has 2 saturated heterocycles. The average Bonchev–Trinajstić information content (AvgIpc) is 2.81. The fraction of sp³-hybridized carbons (Fsp3) is 0.765. The molecule has 0 unspecified atom stereocenters. The molecule has 0 N–H and O–H groups in total. The lowest BCUT2D eigenvalue weighted by atomic mass is 10.1. The second kappa shape index (κ2) is 7.99. The van der Waals surface area contributed by atoms with Gasteiger partial charge >= 0.3 is 0 Å². The Morgan fingerprint density at radius 3 is 2.77 bits per heavy atom. The minimum Gasteiger partial charge on any atom is -0.380 e. The zero-order valence-electron chi connectivity index (χ0n) is 13.5. The van der Waals surface area contributed by atoms with Crippen molar-refractivity contribution in [2.24, 2.45) is 0 Å². The van der Waals surface area contributed by atoms with Gasteiger partial charge in [0, 0.05) is 45.1 Å². The molecule has 2 atom stereocenters. The van der Waals surface area contributed by atoms with Gasteiger partial charge < -0.3 is 9.47 Å². The molecule has 3 rings (SSSR count). The van der Waals surface area contributed by atoms with Crippen LogP contribution < -0.4 is 0 Å². The van der Waals surface area contributed by atoms with Crippen LogP contribution in [0.2, 0.25) is 0 Å². The molecular formula is C17H27N3O2. The second-order valence-electron chi connectivity index (χ2n) is 6.29. The van der Waals surface area contributed by atoms with Crippen molar-refractivity contribution in [1.29, 1.82) is 0 Å². The number of hydrogen-bond acceptors (Lipinski definition) is 5. The lowest BCUT2D eigenvalue weighted by molar-refractivity contribution is 0.0220. The van der Waals surface area contributed by atoms with E-state index in [0.29, 0.717) is 6.10 Å². The molecule has 5 heteroatoms. The summed E-state index contributed by atoms with van der Waals surface area (Å²) < 4.78 is 11.7. The molecule has 2 aliphatic heterocycles. The third-order valence-corrected chi connectivity index (χ3v) is 4.55. The maximum Gasteiger partial charge on any atom is 0.130 e. The second-order valence-corrected chi connectivity index (χ2v) is 6.29. The molecule has 0 spiro atoms. The molecule has 2 fully saturated rings. The Morgan fingerprint density at radius 1 is 1.14 bits per heavy atom. The minimum absolute atomic E-state index is 0.278. The molecule has 1 aromatic rings. The smallest absolute Gasteiger partial charge is 0.130 e. The lowest BCUT2D eigenvalue weighted by Gasteiger charge is -2.23. The highest BCUT2D eigenvalue weighted by molar-refractivity contribution is 5.05. The van der Waals surface area contributed by atoms with Crippen LogP contribution in [0.5, 0.6) is 0 Å². The summed E-state index contributed by atoms with van der Waals surface area (Å²) in [5, 5.41) is 0. The summed E-state index contributed by atoms with van der Waals surface area (Å²) in [5.41, 5.74) is 1.19. The van der Waals surface area contributed by atoms with Gasteiger partial charge in [0.2, 0.25) is 0 Å². The van der Waals surface area contributed by atoms with E-state index in [1.165, 1.54) is 5.56 Å². The first-order valence-electron chi connectivity index (χ1n) is 8.59. The molecular weight excluding hydrogens is 278 g/mol. The van der Waals surface area contributed by atoms with E-state index in [1.54, 1.807) is 0 Å². The van der Waals surface area contributed by atoms with E-state index in [-0.39, 0.29) is 6.10 Å². The van der Waals surface area contributed by atoms with Crippen LogP contribution >= 0.6 is 0 Å². The number of ether oxygens (including phenoxy) is 2. The predicted molar refractivity (Wildman–Crippen MR) is 84.9 cm³/mol. The Hall–Kier alpha value is -1.04. The van der Waals surface area contributed by atoms with Crippen LogP contribution in [0.4, 0.5) is 0 Å². The van der Waals surface area contributed by atoms with Crippen LogP contribution in [0, 0.1) is 0 Å². The molecule has 1 aromatic heterocycles. The van der Waals surface area contributed by atoms with Crippen molar-refractivity contribution in [3.63, 3.8) is 0 Å². The summed E-state index contributed by atoms with van der Waals surface area (Å²) in [7, 11) is 0. The monoisotopic (exact) mass is 305 g/mol. The number of rotatable bonds is 5. The Morgan fingerprint density at radius 2 is 1.95 bits per heavy atom. The molecule has 0 saturated carbocycles. The van der Waals surface area contributed by atoms with Gasteiger partial charge in [-0.25, -0.2) is 9.97 Å². The molecule has 0 amide bonds. The lowest BCUT2D eigenvalue weighted by Crippen LogP contribution is -2.34. The Kier molecular flexibility index (Phi) is 5.76. The predicted octanol–water partition coefficient (Wildman–Crippen LogP) is 1.85. The van der Waals surface area contributed by atoms with Gasteiger partial charge in [0.05, 0.1) is 18.8 Å². The zero-order chi connectivity index (χ0) is 15.2. The Bertz CT molecular complexity index is 444. The van der Waals surface area contributed by atoms with Crippen LogP contribution in [0.15, 0.2) is 12.4 Å². The van der Waals surface area contributed by atoms with Crippen molar-refractivity contribution < 1.29 is 9.47 Å². The van der Waals surface area contributed by atoms with Crippen molar-refractivity contribution in [3.05, 3.63) is 23.8 Å². The first-order valence-corrected chi connectivity index (χ1v) is 8.59. The van der Waals surface area contributed by atoms with Gasteiger partial charge in [-0.1, -0.05) is 6.92 Å². The first kappa shape index (κ1) is 15.8. The average molecular weight is 305 g/mol. The van der Waals surface area contributed by atoms with E-state index in [9.17, 15) is 0 Å². The summed E-state index contributed by atoms with van der Waals surface area (Å²) in [6.45, 7) is 7.08. The molecule has 2 aliphatic rings. The van der Waals surface area contributed by atoms with Crippen molar-refractivity contribution in [3.8, 4) is 0 Å². The number of aromatic nitrogens is 2. The number of nitrogens with zero attached hydrogens (tertiary/aromatic N) is 3. The van der Waals surface area contributed by atoms with Gasteiger partial charge in [-0.05, 0) is 31.2 Å². The van der Waals surface area contributed by atoms with E-state index in [2.05, 4.69) is 21.8 Å². The summed E-state index contributed by atoms with van der Waals surface area (Å²) >= 11 is 0. The van der Waals surface area contributed by atoms with Gasteiger partial charge in [0.25, 0.3) is 0 Å². The largest absolute Gasteiger partial charge is 0.380 e. The minimum atomic E-state index is 0.278. The van der Waals surface area contributed by atoms with E-state index in [1.807, 2.05) is 12.4 Å². The van der Waals surface area contributed by atoms with E-state index in [4.69, 9.17) is 9.47 Å². The molecule has 0 aliphatic carbocycles. The summed E-state index contributed by atoms with van der Waals surface area (Å²) in [4.78, 5) is 11.4. The highest BCUT2D eigenvalue weighted by Gasteiger charge is 2.27. The molecule has 0 bridgehead atoms. The standard InChI is InChI=1S/C17H27N3O2/c1-2-14-11-18-17(19-12-14)10-15-4-5-16(22-15)13-20-6-3-8-21-9-7-20/h11-12,15-16H,2-10,13H2,1H3/t15-,16+/m0/s1. The van der Waals surface area contributed by atoms with Crippen LogP contribution in [-0.2, 0) is 22.3 Å². The SMILES string of the molecule is CCc1cnc(C[C@@H]2CC[C@H](CN3CCCOCC3)O2)nc1. The maximum atomic E-state index is 6.20. The Labute approximate surface area is 133 Å². The van der Waals surface area contributed by atoms with Crippen LogP contribution in [0.3, 0.4) is 0 Å². The highest BCUT2D eigenvalue weighted by atomic mass is 16.5. The van der Waals surface area contributed by atoms with Crippen LogP contribution in [0.1, 0.15) is 37.6 Å². The maximum absolute atomic E-state index is 6.20. The van der Waals surface area contributed by atoms with Crippen molar-refractivity contribution >= 4 is 0 Å². The zero-order valence-corrected chi connectivity index (χ0v) is 13.5. The normalized spacial score (nSPS) is 27.0. The molecule has 0 radical (unpaired) electrons. The van der Waals surface area contributed by atoms with Gasteiger partial charge in [0.1, 0.15) is 5.82 Å². The van der Waals surface area contributed by atoms with Gasteiger partial charge in [0.15, 0.2) is 0 Å². The molecule has 0 aromatic carbocycles. The highest BCUT2D eigenvalue weighted by Crippen LogP contribution is 2.23. The quantitative estimate of drug-likeness (QED) is 0.831. The topological polar surface area (TPSA) is 47.5 Å². The van der Waals surface area contributed by atoms with Gasteiger partial charge in [-0.2, -0.15) is 0 Å². The van der Waals surface area contributed by atoms with Gasteiger partial charge in [-0.15, -0.1) is 0 Å².